The zero-order valence-electron chi connectivity index (χ0n) is 6.81. The molecule has 3 heteroatoms. The van der Waals surface area contributed by atoms with Gasteiger partial charge in [-0.3, -0.25) is 0 Å². The van der Waals surface area contributed by atoms with E-state index in [0.717, 1.165) is 5.70 Å². The minimum Gasteiger partial charge on any atom is -0.381 e. The van der Waals surface area contributed by atoms with Crippen LogP contribution in [0.5, 0.6) is 0 Å². The molecule has 0 rings (SSSR count). The fourth-order valence-electron chi connectivity index (χ4n) is 0.467. The molecule has 0 bridgehead atoms. The minimum absolute atomic E-state index is 0.548. The van der Waals surface area contributed by atoms with Gasteiger partial charge in [0.05, 0.1) is 6.61 Å². The molecule has 3 nitrogen and oxygen atoms in total. The molecule has 0 aliphatic heterocycles. The van der Waals surface area contributed by atoms with Gasteiger partial charge < -0.3 is 14.8 Å². The summed E-state index contributed by atoms with van der Waals surface area (Å²) in [6, 6.07) is 0. The van der Waals surface area contributed by atoms with E-state index < -0.39 is 0 Å². The molecule has 0 radical (unpaired) electrons. The lowest BCUT2D eigenvalue weighted by Crippen LogP contribution is -2.14. The first kappa shape index (κ1) is 9.46. The Balaban J connectivity index is 3.30. The van der Waals surface area contributed by atoms with Gasteiger partial charge in [0.25, 0.3) is 0 Å². The van der Waals surface area contributed by atoms with Gasteiger partial charge in [-0.1, -0.05) is 0 Å². The summed E-state index contributed by atoms with van der Waals surface area (Å²) in [6.45, 7) is 3.16. The molecule has 0 saturated heterocycles. The zero-order valence-corrected chi connectivity index (χ0v) is 6.81. The van der Waals surface area contributed by atoms with Crippen molar-refractivity contribution in [2.24, 2.45) is 0 Å². The van der Waals surface area contributed by atoms with Crippen molar-refractivity contribution in [2.75, 3.05) is 27.6 Å². The van der Waals surface area contributed by atoms with Crippen molar-refractivity contribution in [3.05, 3.63) is 11.8 Å². The molecule has 0 atom stereocenters. The first-order valence-corrected chi connectivity index (χ1v) is 3.19. The van der Waals surface area contributed by atoms with Gasteiger partial charge >= 0.3 is 0 Å². The normalized spacial score (nSPS) is 11.7. The molecular formula is C7H15NO2. The maximum absolute atomic E-state index is 4.84. The van der Waals surface area contributed by atoms with E-state index in [4.69, 9.17) is 9.47 Å². The highest BCUT2D eigenvalue weighted by Gasteiger charge is 1.83. The summed E-state index contributed by atoms with van der Waals surface area (Å²) in [6.07, 6.45) is 1.96. The van der Waals surface area contributed by atoms with Crippen LogP contribution in [0.1, 0.15) is 6.92 Å². The molecule has 60 valence electrons. The molecule has 1 N–H and O–H groups in total. The molecule has 0 saturated carbocycles. The van der Waals surface area contributed by atoms with Gasteiger partial charge in [0, 0.05) is 19.9 Å². The van der Waals surface area contributed by atoms with E-state index in [-0.39, 0.29) is 0 Å². The van der Waals surface area contributed by atoms with Gasteiger partial charge in [0.15, 0.2) is 0 Å². The Hall–Kier alpha value is -0.540. The first-order valence-electron chi connectivity index (χ1n) is 3.19. The van der Waals surface area contributed by atoms with Crippen molar-refractivity contribution < 1.29 is 9.47 Å². The Kier molecular flexibility index (Phi) is 6.22. The van der Waals surface area contributed by atoms with Crippen LogP contribution in [0.2, 0.25) is 0 Å². The molecule has 0 heterocycles. The lowest BCUT2D eigenvalue weighted by molar-refractivity contribution is 0.183. The zero-order chi connectivity index (χ0) is 7.82. The predicted octanol–water partition coefficient (Wildman–Crippen LogP) is 0.730. The van der Waals surface area contributed by atoms with Crippen molar-refractivity contribution in [2.45, 2.75) is 6.92 Å². The molecule has 0 aliphatic carbocycles. The Morgan fingerprint density at radius 3 is 2.60 bits per heavy atom. The lowest BCUT2D eigenvalue weighted by Gasteiger charge is -2.03. The molecule has 0 unspecified atom stereocenters. The highest BCUT2D eigenvalue weighted by atomic mass is 16.5. The third-order valence-corrected chi connectivity index (χ3v) is 1.05. The van der Waals surface area contributed by atoms with Crippen LogP contribution in [0, 0.1) is 0 Å². The average Bonchev–Trinajstić information content (AvgIpc) is 1.97. The van der Waals surface area contributed by atoms with Crippen LogP contribution in [-0.4, -0.2) is 27.6 Å². The van der Waals surface area contributed by atoms with Gasteiger partial charge in [-0.25, -0.2) is 0 Å². The number of rotatable bonds is 5. The van der Waals surface area contributed by atoms with Crippen LogP contribution in [0.4, 0.5) is 0 Å². The van der Waals surface area contributed by atoms with Crippen molar-refractivity contribution in [3.63, 3.8) is 0 Å². The van der Waals surface area contributed by atoms with E-state index in [9.17, 15) is 0 Å². The maximum atomic E-state index is 4.84. The fourth-order valence-corrected chi connectivity index (χ4v) is 0.467. The lowest BCUT2D eigenvalue weighted by atomic mass is 10.4. The highest BCUT2D eigenvalue weighted by Crippen LogP contribution is 1.84. The number of allylic oxidation sites excluding steroid dienone is 1. The third-order valence-electron chi connectivity index (χ3n) is 1.05. The number of hydrogen-bond acceptors (Lipinski definition) is 3. The summed E-state index contributed by atoms with van der Waals surface area (Å²) >= 11 is 0. The number of ether oxygens (including phenoxy) is 2. The Morgan fingerprint density at radius 2 is 2.10 bits per heavy atom. The van der Waals surface area contributed by atoms with Gasteiger partial charge in [-0.2, -0.15) is 0 Å². The van der Waals surface area contributed by atoms with Gasteiger partial charge in [-0.05, 0) is 13.0 Å². The second-order valence-electron chi connectivity index (χ2n) is 1.95. The van der Waals surface area contributed by atoms with Gasteiger partial charge in [0.2, 0.25) is 0 Å². The fraction of sp³-hybridized carbons (Fsp3) is 0.714. The van der Waals surface area contributed by atoms with E-state index in [2.05, 4.69) is 5.32 Å². The topological polar surface area (TPSA) is 30.5 Å². The van der Waals surface area contributed by atoms with Crippen LogP contribution in [0.3, 0.4) is 0 Å². The van der Waals surface area contributed by atoms with E-state index in [1.807, 2.05) is 13.0 Å². The minimum atomic E-state index is 0.548. The molecule has 0 aromatic carbocycles. The second-order valence-corrected chi connectivity index (χ2v) is 1.95. The van der Waals surface area contributed by atoms with Crippen LogP contribution >= 0.6 is 0 Å². The number of methoxy groups -OCH3 is 2. The van der Waals surface area contributed by atoms with E-state index in [0.29, 0.717) is 13.3 Å². The predicted molar refractivity (Wildman–Crippen MR) is 40.6 cm³/mol. The molecule has 0 spiro atoms. The van der Waals surface area contributed by atoms with Crippen LogP contribution < -0.4 is 5.32 Å². The number of nitrogens with one attached hydrogen (secondary N) is 1. The molecule has 0 fully saturated rings. The average molecular weight is 145 g/mol. The van der Waals surface area contributed by atoms with Gasteiger partial charge in [-0.15, -0.1) is 0 Å². The third kappa shape index (κ3) is 5.59. The Bertz CT molecular complexity index is 102. The summed E-state index contributed by atoms with van der Waals surface area (Å²) in [5, 5.41) is 3.03. The van der Waals surface area contributed by atoms with E-state index in [1.54, 1.807) is 14.2 Å². The Labute approximate surface area is 62.0 Å². The first-order chi connectivity index (χ1) is 4.81. The molecular weight excluding hydrogens is 130 g/mol. The van der Waals surface area contributed by atoms with Crippen LogP contribution in [0.25, 0.3) is 0 Å². The molecule has 0 amide bonds. The molecule has 0 aromatic heterocycles. The standard InChI is InChI=1S/C7H15NO2/c1-7(4-5-9-2)8-6-10-3/h4,8H,5-6H2,1-3H3/b7-4+. The van der Waals surface area contributed by atoms with Crippen molar-refractivity contribution in [3.8, 4) is 0 Å². The molecule has 0 aromatic rings. The van der Waals surface area contributed by atoms with Crippen molar-refractivity contribution in [1.82, 2.24) is 5.32 Å². The molecule has 0 aliphatic rings. The largest absolute Gasteiger partial charge is 0.381 e. The summed E-state index contributed by atoms with van der Waals surface area (Å²) in [5.41, 5.74) is 1.07. The quantitative estimate of drug-likeness (QED) is 0.578. The summed E-state index contributed by atoms with van der Waals surface area (Å²) in [4.78, 5) is 0. The van der Waals surface area contributed by atoms with E-state index in [1.165, 1.54) is 0 Å². The Morgan fingerprint density at radius 1 is 1.40 bits per heavy atom. The summed E-state index contributed by atoms with van der Waals surface area (Å²) in [7, 11) is 3.32. The summed E-state index contributed by atoms with van der Waals surface area (Å²) < 4.78 is 9.63. The monoisotopic (exact) mass is 145 g/mol. The second kappa shape index (κ2) is 6.58. The van der Waals surface area contributed by atoms with Crippen molar-refractivity contribution in [1.29, 1.82) is 0 Å². The number of hydrogen-bond donors (Lipinski definition) is 1. The molecule has 10 heavy (non-hydrogen) atoms. The summed E-state index contributed by atoms with van der Waals surface area (Å²) in [5.74, 6) is 0. The SMILES string of the molecule is COC/C=C(\C)NCOC. The smallest absolute Gasteiger partial charge is 0.115 e. The highest BCUT2D eigenvalue weighted by molar-refractivity contribution is 4.94. The van der Waals surface area contributed by atoms with Crippen molar-refractivity contribution >= 4 is 0 Å². The van der Waals surface area contributed by atoms with Crippen LogP contribution in [0.15, 0.2) is 11.8 Å². The van der Waals surface area contributed by atoms with Crippen LogP contribution in [-0.2, 0) is 9.47 Å². The van der Waals surface area contributed by atoms with E-state index >= 15 is 0 Å². The maximum Gasteiger partial charge on any atom is 0.115 e. The van der Waals surface area contributed by atoms with Gasteiger partial charge in [0.1, 0.15) is 6.73 Å².